The van der Waals surface area contributed by atoms with Gasteiger partial charge in [0.25, 0.3) is 0 Å². The average Bonchev–Trinajstić information content (AvgIpc) is 2.64. The van der Waals surface area contributed by atoms with Crippen LogP contribution in [0.3, 0.4) is 0 Å². The van der Waals surface area contributed by atoms with Gasteiger partial charge >= 0.3 is 0 Å². The molecule has 0 saturated carbocycles. The number of ether oxygens (including phenoxy) is 2. The molecule has 0 aliphatic heterocycles. The van der Waals surface area contributed by atoms with Crippen LogP contribution in [0.15, 0.2) is 54.2 Å². The van der Waals surface area contributed by atoms with Crippen LogP contribution in [0.1, 0.15) is 29.2 Å². The molecule has 0 saturated heterocycles. The third-order valence-electron chi connectivity index (χ3n) is 3.88. The highest BCUT2D eigenvalue weighted by Gasteiger charge is 2.07. The topological polar surface area (TPSA) is 59.9 Å². The van der Waals surface area contributed by atoms with Crippen molar-refractivity contribution in [1.82, 2.24) is 5.43 Å². The number of hydrogen-bond acceptors (Lipinski definition) is 4. The summed E-state index contributed by atoms with van der Waals surface area (Å²) in [6, 6.07) is 11.5. The maximum atomic E-state index is 12.1. The molecule has 142 valence electrons. The van der Waals surface area contributed by atoms with E-state index in [0.29, 0.717) is 31.1 Å². The van der Waals surface area contributed by atoms with Crippen molar-refractivity contribution in [3.63, 3.8) is 0 Å². The van der Waals surface area contributed by atoms with E-state index in [1.165, 1.54) is 5.56 Å². The Morgan fingerprint density at radius 1 is 1.15 bits per heavy atom. The predicted molar refractivity (Wildman–Crippen MR) is 109 cm³/mol. The van der Waals surface area contributed by atoms with E-state index in [1.54, 1.807) is 12.3 Å². The first-order valence-electron chi connectivity index (χ1n) is 8.92. The Kier molecular flexibility index (Phi) is 7.62. The van der Waals surface area contributed by atoms with E-state index in [4.69, 9.17) is 9.47 Å². The van der Waals surface area contributed by atoms with Crippen molar-refractivity contribution in [3.05, 3.63) is 71.3 Å². The number of carbonyl (C=O) groups excluding carboxylic acids is 1. The Hall–Kier alpha value is -3.08. The molecule has 0 bridgehead atoms. The summed E-state index contributed by atoms with van der Waals surface area (Å²) >= 11 is 0. The Morgan fingerprint density at radius 3 is 2.67 bits per heavy atom. The van der Waals surface area contributed by atoms with E-state index in [9.17, 15) is 4.79 Å². The van der Waals surface area contributed by atoms with Crippen LogP contribution in [0.5, 0.6) is 11.5 Å². The van der Waals surface area contributed by atoms with E-state index >= 15 is 0 Å². The summed E-state index contributed by atoms with van der Waals surface area (Å²) < 4.78 is 11.2. The molecule has 0 fully saturated rings. The minimum absolute atomic E-state index is 0.158. The fourth-order valence-corrected chi connectivity index (χ4v) is 2.58. The van der Waals surface area contributed by atoms with E-state index in [0.717, 1.165) is 16.7 Å². The molecule has 1 N–H and O–H groups in total. The Labute approximate surface area is 160 Å². The van der Waals surface area contributed by atoms with Crippen LogP contribution in [0, 0.1) is 13.8 Å². The van der Waals surface area contributed by atoms with Gasteiger partial charge in [-0.1, -0.05) is 36.4 Å². The van der Waals surface area contributed by atoms with Gasteiger partial charge < -0.3 is 9.47 Å². The van der Waals surface area contributed by atoms with Gasteiger partial charge in [0.2, 0.25) is 5.91 Å². The minimum Gasteiger partial charge on any atom is -0.490 e. The molecule has 0 atom stereocenters. The van der Waals surface area contributed by atoms with Crippen molar-refractivity contribution in [3.8, 4) is 11.5 Å². The third kappa shape index (κ3) is 6.29. The number of aryl methyl sites for hydroxylation is 2. The zero-order valence-corrected chi connectivity index (χ0v) is 16.1. The first kappa shape index (κ1) is 20.2. The molecule has 2 rings (SSSR count). The van der Waals surface area contributed by atoms with E-state index in [1.807, 2.05) is 51.1 Å². The SMILES string of the molecule is C=CCOc1ccc(/C=N\NC(=O)Cc2ccc(C)cc2C)cc1OCC. The van der Waals surface area contributed by atoms with Crippen molar-refractivity contribution in [2.45, 2.75) is 27.2 Å². The number of benzene rings is 2. The van der Waals surface area contributed by atoms with Crippen LogP contribution in [0.2, 0.25) is 0 Å². The first-order chi connectivity index (χ1) is 13.0. The molecule has 1 amide bonds. The number of nitrogens with zero attached hydrogens (tertiary/aromatic N) is 1. The first-order valence-corrected chi connectivity index (χ1v) is 8.92. The van der Waals surface area contributed by atoms with Gasteiger partial charge in [-0.05, 0) is 55.7 Å². The zero-order valence-electron chi connectivity index (χ0n) is 16.1. The lowest BCUT2D eigenvalue weighted by molar-refractivity contribution is -0.120. The van der Waals surface area contributed by atoms with Crippen molar-refractivity contribution in [2.24, 2.45) is 5.10 Å². The summed E-state index contributed by atoms with van der Waals surface area (Å²) in [5, 5.41) is 4.04. The van der Waals surface area contributed by atoms with Gasteiger partial charge in [0, 0.05) is 0 Å². The molecule has 0 aliphatic carbocycles. The van der Waals surface area contributed by atoms with E-state index < -0.39 is 0 Å². The van der Waals surface area contributed by atoms with Crippen LogP contribution >= 0.6 is 0 Å². The Balaban J connectivity index is 1.99. The number of rotatable bonds is 9. The summed E-state index contributed by atoms with van der Waals surface area (Å²) in [5.41, 5.74) is 6.65. The van der Waals surface area contributed by atoms with Gasteiger partial charge in [0.15, 0.2) is 11.5 Å². The summed E-state index contributed by atoms with van der Waals surface area (Å²) in [5.74, 6) is 1.12. The highest BCUT2D eigenvalue weighted by atomic mass is 16.5. The summed E-state index contributed by atoms with van der Waals surface area (Å²) in [7, 11) is 0. The fourth-order valence-electron chi connectivity index (χ4n) is 2.58. The molecule has 0 heterocycles. The molecule has 27 heavy (non-hydrogen) atoms. The largest absolute Gasteiger partial charge is 0.490 e. The van der Waals surface area contributed by atoms with Crippen molar-refractivity contribution in [2.75, 3.05) is 13.2 Å². The molecule has 0 unspecified atom stereocenters. The molecule has 5 heteroatoms. The molecule has 0 aliphatic rings. The molecule has 0 aromatic heterocycles. The second kappa shape index (κ2) is 10.2. The maximum Gasteiger partial charge on any atom is 0.244 e. The Bertz CT molecular complexity index is 828. The van der Waals surface area contributed by atoms with Gasteiger partial charge in [-0.25, -0.2) is 5.43 Å². The number of hydrogen-bond donors (Lipinski definition) is 1. The van der Waals surface area contributed by atoms with Gasteiger partial charge in [-0.3, -0.25) is 4.79 Å². The molecular formula is C22H26N2O3. The van der Waals surface area contributed by atoms with Gasteiger partial charge in [0.1, 0.15) is 6.61 Å². The number of hydrazone groups is 1. The van der Waals surface area contributed by atoms with Crippen LogP contribution in [-0.4, -0.2) is 25.3 Å². The fraction of sp³-hybridized carbons (Fsp3) is 0.273. The highest BCUT2D eigenvalue weighted by Crippen LogP contribution is 2.28. The van der Waals surface area contributed by atoms with E-state index in [2.05, 4.69) is 23.2 Å². The average molecular weight is 366 g/mol. The van der Waals surface area contributed by atoms with E-state index in [-0.39, 0.29) is 5.91 Å². The lowest BCUT2D eigenvalue weighted by Gasteiger charge is -2.11. The lowest BCUT2D eigenvalue weighted by atomic mass is 10.0. The summed E-state index contributed by atoms with van der Waals surface area (Å²) in [6.07, 6.45) is 3.55. The molecule has 2 aromatic carbocycles. The third-order valence-corrected chi connectivity index (χ3v) is 3.88. The normalized spacial score (nSPS) is 10.6. The Morgan fingerprint density at radius 2 is 1.96 bits per heavy atom. The smallest absolute Gasteiger partial charge is 0.244 e. The molecule has 5 nitrogen and oxygen atoms in total. The lowest BCUT2D eigenvalue weighted by Crippen LogP contribution is -2.20. The van der Waals surface area contributed by atoms with Crippen LogP contribution < -0.4 is 14.9 Å². The maximum absolute atomic E-state index is 12.1. The van der Waals surface area contributed by atoms with Gasteiger partial charge in [-0.2, -0.15) is 5.10 Å². The standard InChI is InChI=1S/C22H26N2O3/c1-5-11-27-20-10-8-18(13-21(20)26-6-2)15-23-24-22(25)14-19-9-7-16(3)12-17(19)4/h5,7-10,12-13,15H,1,6,11,14H2,2-4H3,(H,24,25)/b23-15-. The van der Waals surface area contributed by atoms with Crippen LogP contribution in [-0.2, 0) is 11.2 Å². The number of nitrogens with one attached hydrogen (secondary N) is 1. The second-order valence-corrected chi connectivity index (χ2v) is 6.14. The molecule has 0 spiro atoms. The summed E-state index contributed by atoms with van der Waals surface area (Å²) in [6.45, 7) is 10.5. The number of amides is 1. The molecular weight excluding hydrogens is 340 g/mol. The van der Waals surface area contributed by atoms with Crippen molar-refractivity contribution < 1.29 is 14.3 Å². The quantitative estimate of drug-likeness (QED) is 0.415. The molecule has 2 aromatic rings. The van der Waals surface area contributed by atoms with Gasteiger partial charge in [-0.15, -0.1) is 0 Å². The van der Waals surface area contributed by atoms with Crippen LogP contribution in [0.4, 0.5) is 0 Å². The number of carbonyl (C=O) groups is 1. The van der Waals surface area contributed by atoms with Crippen molar-refractivity contribution >= 4 is 12.1 Å². The zero-order chi connectivity index (χ0) is 19.6. The summed E-state index contributed by atoms with van der Waals surface area (Å²) in [4.78, 5) is 12.1. The second-order valence-electron chi connectivity index (χ2n) is 6.14. The minimum atomic E-state index is -0.158. The van der Waals surface area contributed by atoms with Crippen LogP contribution in [0.25, 0.3) is 0 Å². The van der Waals surface area contributed by atoms with Gasteiger partial charge in [0.05, 0.1) is 19.2 Å². The molecule has 0 radical (unpaired) electrons. The predicted octanol–water partition coefficient (Wildman–Crippen LogP) is 3.96. The monoisotopic (exact) mass is 366 g/mol. The highest BCUT2D eigenvalue weighted by molar-refractivity contribution is 5.84. The van der Waals surface area contributed by atoms with Crippen molar-refractivity contribution in [1.29, 1.82) is 0 Å².